The number of nitrogens with one attached hydrogen (secondary N) is 4. The maximum atomic E-state index is 12.4. The second-order valence-corrected chi connectivity index (χ2v) is 7.23. The number of amides is 2. The number of aliphatic hydroxyl groups is 1. The van der Waals surface area contributed by atoms with Gasteiger partial charge in [0.15, 0.2) is 5.96 Å². The normalized spacial score (nSPS) is 22.5. The Bertz CT molecular complexity index is 902. The van der Waals surface area contributed by atoms with Gasteiger partial charge in [-0.05, 0) is 12.1 Å². The van der Waals surface area contributed by atoms with Gasteiger partial charge in [-0.15, -0.1) is 6.58 Å². The van der Waals surface area contributed by atoms with E-state index in [2.05, 4.69) is 32.8 Å². The number of aliphatic hydroxyl groups excluding tert-OH is 1. The fraction of sp³-hybridized carbons (Fsp3) is 0.400. The van der Waals surface area contributed by atoms with Gasteiger partial charge >= 0.3 is 5.97 Å². The molecule has 1 saturated heterocycles. The molecule has 0 radical (unpaired) electrons. The van der Waals surface area contributed by atoms with Crippen molar-refractivity contribution in [3.05, 3.63) is 36.4 Å². The predicted octanol–water partition coefficient (Wildman–Crippen LogP) is -0.770. The maximum absolute atomic E-state index is 12.4. The third-order valence-corrected chi connectivity index (χ3v) is 4.68. The first kappa shape index (κ1) is 22.1. The fourth-order valence-electron chi connectivity index (χ4n) is 3.22. The minimum atomic E-state index is -0.567. The summed E-state index contributed by atoms with van der Waals surface area (Å²) in [6, 6.07) is 3.69. The molecule has 166 valence electrons. The molecule has 0 aliphatic carbocycles. The van der Waals surface area contributed by atoms with Crippen molar-refractivity contribution in [3.63, 3.8) is 0 Å². The summed E-state index contributed by atoms with van der Waals surface area (Å²) in [5.74, 6) is -1.17. The van der Waals surface area contributed by atoms with E-state index in [-0.39, 0.29) is 30.8 Å². The Morgan fingerprint density at radius 1 is 1.35 bits per heavy atom. The van der Waals surface area contributed by atoms with Gasteiger partial charge in [-0.2, -0.15) is 0 Å². The SMILES string of the molecule is C=CCC1OC(=O)CC1NC(=O)CNC(=O)c1cc(O)cc(NC2=NCC(O)CN2)c1. The first-order valence-electron chi connectivity index (χ1n) is 9.79. The number of guanidine groups is 1. The van der Waals surface area contributed by atoms with E-state index in [1.165, 1.54) is 18.2 Å². The van der Waals surface area contributed by atoms with Crippen LogP contribution < -0.4 is 21.3 Å². The van der Waals surface area contributed by atoms with Crippen molar-refractivity contribution in [1.29, 1.82) is 0 Å². The van der Waals surface area contributed by atoms with Gasteiger partial charge in [0, 0.05) is 30.3 Å². The van der Waals surface area contributed by atoms with Crippen LogP contribution in [0.1, 0.15) is 23.2 Å². The van der Waals surface area contributed by atoms with Crippen LogP contribution in [-0.4, -0.2) is 71.8 Å². The first-order chi connectivity index (χ1) is 14.8. The lowest BCUT2D eigenvalue weighted by atomic mass is 10.1. The Hall–Kier alpha value is -3.60. The zero-order valence-electron chi connectivity index (χ0n) is 16.8. The number of ether oxygens (including phenoxy) is 1. The lowest BCUT2D eigenvalue weighted by Crippen LogP contribution is -2.45. The maximum Gasteiger partial charge on any atom is 0.308 e. The lowest BCUT2D eigenvalue weighted by Gasteiger charge is -2.20. The van der Waals surface area contributed by atoms with Gasteiger partial charge in [0.25, 0.3) is 5.91 Å². The van der Waals surface area contributed by atoms with Crippen LogP contribution in [0.15, 0.2) is 35.8 Å². The smallest absolute Gasteiger partial charge is 0.308 e. The fourth-order valence-corrected chi connectivity index (χ4v) is 3.22. The molecule has 0 bridgehead atoms. The molecule has 3 rings (SSSR count). The van der Waals surface area contributed by atoms with E-state index in [9.17, 15) is 24.6 Å². The first-order valence-corrected chi connectivity index (χ1v) is 9.79. The second-order valence-electron chi connectivity index (χ2n) is 7.23. The summed E-state index contributed by atoms with van der Waals surface area (Å²) >= 11 is 0. The zero-order valence-corrected chi connectivity index (χ0v) is 16.8. The average molecular weight is 431 g/mol. The molecule has 11 heteroatoms. The molecular formula is C20H25N5O6. The molecule has 3 atom stereocenters. The number of anilines is 1. The van der Waals surface area contributed by atoms with Gasteiger partial charge in [-0.25, -0.2) is 0 Å². The van der Waals surface area contributed by atoms with E-state index in [4.69, 9.17) is 4.74 Å². The summed E-state index contributed by atoms with van der Waals surface area (Å²) in [5.41, 5.74) is 0.543. The van der Waals surface area contributed by atoms with Gasteiger partial charge in [-0.1, -0.05) is 6.08 Å². The highest BCUT2D eigenvalue weighted by Crippen LogP contribution is 2.20. The number of benzene rings is 1. The van der Waals surface area contributed by atoms with Gasteiger partial charge < -0.3 is 36.2 Å². The number of hydrogen-bond donors (Lipinski definition) is 6. The monoisotopic (exact) mass is 431 g/mol. The molecule has 31 heavy (non-hydrogen) atoms. The van der Waals surface area contributed by atoms with Crippen molar-refractivity contribution in [2.45, 2.75) is 31.1 Å². The number of cyclic esters (lactones) is 1. The van der Waals surface area contributed by atoms with Crippen LogP contribution in [0.5, 0.6) is 5.75 Å². The van der Waals surface area contributed by atoms with Crippen LogP contribution >= 0.6 is 0 Å². The molecule has 6 N–H and O–H groups in total. The molecule has 0 aromatic heterocycles. The molecule has 0 saturated carbocycles. The van der Waals surface area contributed by atoms with Crippen LogP contribution in [0.2, 0.25) is 0 Å². The van der Waals surface area contributed by atoms with E-state index < -0.39 is 36.0 Å². The summed E-state index contributed by atoms with van der Waals surface area (Å²) < 4.78 is 5.13. The molecular weight excluding hydrogens is 406 g/mol. The molecule has 2 heterocycles. The Morgan fingerprint density at radius 3 is 2.87 bits per heavy atom. The quantitative estimate of drug-likeness (QED) is 0.242. The van der Waals surface area contributed by atoms with E-state index in [1.807, 2.05) is 0 Å². The minimum absolute atomic E-state index is 0.0642. The van der Waals surface area contributed by atoms with Gasteiger partial charge in [0.05, 0.1) is 31.7 Å². The van der Waals surface area contributed by atoms with Crippen molar-refractivity contribution in [2.24, 2.45) is 4.99 Å². The van der Waals surface area contributed by atoms with Gasteiger partial charge in [0.2, 0.25) is 5.91 Å². The second kappa shape index (κ2) is 9.94. The highest BCUT2D eigenvalue weighted by atomic mass is 16.6. The number of phenolic OH excluding ortho intramolecular Hbond substituents is 1. The van der Waals surface area contributed by atoms with Crippen LogP contribution in [0.25, 0.3) is 0 Å². The number of carbonyl (C=O) groups is 3. The number of carbonyl (C=O) groups excluding carboxylic acids is 3. The topological polar surface area (TPSA) is 161 Å². The molecule has 2 aliphatic heterocycles. The molecule has 1 aromatic rings. The lowest BCUT2D eigenvalue weighted by molar-refractivity contribution is -0.141. The van der Waals surface area contributed by atoms with Crippen molar-refractivity contribution in [3.8, 4) is 5.75 Å². The number of aliphatic imine (C=N–C) groups is 1. The summed E-state index contributed by atoms with van der Waals surface area (Å²) in [5, 5.41) is 30.4. The van der Waals surface area contributed by atoms with Crippen molar-refractivity contribution < 1.29 is 29.3 Å². The van der Waals surface area contributed by atoms with E-state index in [1.54, 1.807) is 6.08 Å². The van der Waals surface area contributed by atoms with Crippen LogP contribution in [0.3, 0.4) is 0 Å². The van der Waals surface area contributed by atoms with Crippen molar-refractivity contribution in [2.75, 3.05) is 25.0 Å². The third-order valence-electron chi connectivity index (χ3n) is 4.68. The number of phenols is 1. The Balaban J connectivity index is 1.55. The van der Waals surface area contributed by atoms with Gasteiger partial charge in [0.1, 0.15) is 11.9 Å². The number of β-amino-alcohol motifs (C(OH)–C–C–N with tert-alkyl or cyclic N) is 1. The van der Waals surface area contributed by atoms with Crippen LogP contribution in [0, 0.1) is 0 Å². The van der Waals surface area contributed by atoms with Crippen molar-refractivity contribution in [1.82, 2.24) is 16.0 Å². The number of rotatable bonds is 7. The average Bonchev–Trinajstić information content (AvgIpc) is 3.06. The van der Waals surface area contributed by atoms with E-state index in [0.29, 0.717) is 24.6 Å². The molecule has 2 amide bonds. The number of hydrogen-bond acceptors (Lipinski definition) is 9. The van der Waals surface area contributed by atoms with E-state index in [0.717, 1.165) is 0 Å². The molecule has 2 aliphatic rings. The predicted molar refractivity (Wildman–Crippen MR) is 112 cm³/mol. The summed E-state index contributed by atoms with van der Waals surface area (Å²) in [6.07, 6.45) is 1.05. The third kappa shape index (κ3) is 6.19. The number of esters is 1. The Kier molecular flexibility index (Phi) is 7.08. The summed E-state index contributed by atoms with van der Waals surface area (Å²) in [4.78, 5) is 40.2. The number of aromatic hydroxyl groups is 1. The van der Waals surface area contributed by atoms with E-state index >= 15 is 0 Å². The molecule has 0 spiro atoms. The van der Waals surface area contributed by atoms with Crippen LogP contribution in [-0.2, 0) is 14.3 Å². The minimum Gasteiger partial charge on any atom is -0.508 e. The standard InChI is InChI=1S/C20H25N5O6/c1-2-3-16-15(7-18(29)31-16)25-17(28)10-21-19(30)11-4-12(6-13(26)5-11)24-20-22-8-14(27)9-23-20/h2,4-6,14-16,26-27H,1,3,7-10H2,(H,21,30)(H,25,28)(H2,22,23,24). The van der Waals surface area contributed by atoms with Crippen LogP contribution in [0.4, 0.5) is 5.69 Å². The summed E-state index contributed by atoms with van der Waals surface area (Å²) in [6.45, 7) is 3.86. The molecule has 1 aromatic carbocycles. The largest absolute Gasteiger partial charge is 0.508 e. The highest BCUT2D eigenvalue weighted by molar-refractivity contribution is 6.00. The molecule has 11 nitrogen and oxygen atoms in total. The highest BCUT2D eigenvalue weighted by Gasteiger charge is 2.34. The Morgan fingerprint density at radius 2 is 2.16 bits per heavy atom. The zero-order chi connectivity index (χ0) is 22.4. The molecule has 1 fully saturated rings. The summed E-state index contributed by atoms with van der Waals surface area (Å²) in [7, 11) is 0. The number of nitrogens with zero attached hydrogens (tertiary/aromatic N) is 1. The molecule has 3 unspecified atom stereocenters. The van der Waals surface area contributed by atoms with Crippen molar-refractivity contribution >= 4 is 29.4 Å². The van der Waals surface area contributed by atoms with Gasteiger partial charge in [-0.3, -0.25) is 19.4 Å². The Labute approximate surface area is 178 Å².